The first-order valence-corrected chi connectivity index (χ1v) is 5.83. The molecule has 0 atom stereocenters. The zero-order chi connectivity index (χ0) is 11.8. The van der Waals surface area contributed by atoms with Gasteiger partial charge < -0.3 is 5.11 Å². The molecule has 84 valence electrons. The van der Waals surface area contributed by atoms with Crippen LogP contribution in [0.25, 0.3) is 17.0 Å². The fourth-order valence-electron chi connectivity index (χ4n) is 1.63. The molecular formula is C12H8BrN3O. The van der Waals surface area contributed by atoms with Crippen molar-refractivity contribution in [3.05, 3.63) is 47.1 Å². The van der Waals surface area contributed by atoms with Crippen LogP contribution in [0, 0.1) is 0 Å². The SMILES string of the molecule is Oc1cccc(-c2nc3ccc(Br)cn3n2)c1. The molecule has 0 aliphatic rings. The van der Waals surface area contributed by atoms with Gasteiger partial charge in [0, 0.05) is 16.2 Å². The van der Waals surface area contributed by atoms with Crippen LogP contribution in [0.4, 0.5) is 0 Å². The second-order valence-electron chi connectivity index (χ2n) is 3.64. The lowest BCUT2D eigenvalue weighted by Crippen LogP contribution is -1.86. The Morgan fingerprint density at radius 2 is 2.06 bits per heavy atom. The Balaban J connectivity index is 2.18. The maximum Gasteiger partial charge on any atom is 0.182 e. The van der Waals surface area contributed by atoms with E-state index in [2.05, 4.69) is 26.0 Å². The van der Waals surface area contributed by atoms with E-state index >= 15 is 0 Å². The van der Waals surface area contributed by atoms with E-state index in [9.17, 15) is 5.11 Å². The molecule has 0 spiro atoms. The van der Waals surface area contributed by atoms with Gasteiger partial charge in [-0.1, -0.05) is 12.1 Å². The van der Waals surface area contributed by atoms with Crippen molar-refractivity contribution >= 4 is 21.6 Å². The van der Waals surface area contributed by atoms with Crippen LogP contribution in [-0.2, 0) is 0 Å². The Labute approximate surface area is 106 Å². The monoisotopic (exact) mass is 289 g/mol. The summed E-state index contributed by atoms with van der Waals surface area (Å²) in [4.78, 5) is 4.39. The highest BCUT2D eigenvalue weighted by molar-refractivity contribution is 9.10. The highest BCUT2D eigenvalue weighted by Crippen LogP contribution is 2.21. The summed E-state index contributed by atoms with van der Waals surface area (Å²) >= 11 is 3.38. The number of rotatable bonds is 1. The lowest BCUT2D eigenvalue weighted by atomic mass is 10.2. The van der Waals surface area contributed by atoms with E-state index in [1.54, 1.807) is 22.7 Å². The highest BCUT2D eigenvalue weighted by Gasteiger charge is 2.06. The largest absolute Gasteiger partial charge is 0.508 e. The topological polar surface area (TPSA) is 50.4 Å². The molecule has 2 heterocycles. The molecule has 3 rings (SSSR count). The summed E-state index contributed by atoms with van der Waals surface area (Å²) in [5.74, 6) is 0.807. The van der Waals surface area contributed by atoms with Crippen molar-refractivity contribution < 1.29 is 5.11 Å². The molecule has 0 unspecified atom stereocenters. The molecule has 0 bridgehead atoms. The Morgan fingerprint density at radius 1 is 1.18 bits per heavy atom. The molecule has 0 saturated carbocycles. The molecule has 0 aliphatic heterocycles. The van der Waals surface area contributed by atoms with Gasteiger partial charge in [-0.2, -0.15) is 0 Å². The van der Waals surface area contributed by atoms with Crippen molar-refractivity contribution in [1.82, 2.24) is 14.6 Å². The summed E-state index contributed by atoms with van der Waals surface area (Å²) in [5.41, 5.74) is 1.57. The fraction of sp³-hybridized carbons (Fsp3) is 0. The number of nitrogens with zero attached hydrogens (tertiary/aromatic N) is 3. The predicted octanol–water partition coefficient (Wildman–Crippen LogP) is 2.86. The summed E-state index contributed by atoms with van der Waals surface area (Å²) in [7, 11) is 0. The van der Waals surface area contributed by atoms with Crippen molar-refractivity contribution in [1.29, 1.82) is 0 Å². The van der Waals surface area contributed by atoms with Crippen LogP contribution >= 0.6 is 15.9 Å². The molecule has 2 aromatic heterocycles. The van der Waals surface area contributed by atoms with Crippen LogP contribution in [-0.4, -0.2) is 19.7 Å². The summed E-state index contributed by atoms with van der Waals surface area (Å²) in [5, 5.41) is 13.8. The van der Waals surface area contributed by atoms with Gasteiger partial charge in [-0.15, -0.1) is 5.10 Å². The molecule has 4 nitrogen and oxygen atoms in total. The predicted molar refractivity (Wildman–Crippen MR) is 67.8 cm³/mol. The van der Waals surface area contributed by atoms with Crippen molar-refractivity contribution in [2.75, 3.05) is 0 Å². The summed E-state index contributed by atoms with van der Waals surface area (Å²) in [6, 6.07) is 10.7. The second kappa shape index (κ2) is 3.85. The van der Waals surface area contributed by atoms with Gasteiger partial charge in [0.05, 0.1) is 0 Å². The van der Waals surface area contributed by atoms with E-state index in [0.29, 0.717) is 5.82 Å². The Morgan fingerprint density at radius 3 is 2.88 bits per heavy atom. The van der Waals surface area contributed by atoms with Gasteiger partial charge in [0.1, 0.15) is 5.75 Å². The van der Waals surface area contributed by atoms with Gasteiger partial charge in [0.2, 0.25) is 0 Å². The minimum atomic E-state index is 0.211. The number of halogens is 1. The molecule has 0 fully saturated rings. The van der Waals surface area contributed by atoms with Gasteiger partial charge >= 0.3 is 0 Å². The van der Waals surface area contributed by atoms with Gasteiger partial charge in [-0.25, -0.2) is 9.50 Å². The Bertz CT molecular complexity index is 693. The number of aromatic hydroxyl groups is 1. The number of hydrogen-bond acceptors (Lipinski definition) is 3. The second-order valence-corrected chi connectivity index (χ2v) is 4.55. The van der Waals surface area contributed by atoms with E-state index < -0.39 is 0 Å². The van der Waals surface area contributed by atoms with E-state index in [1.165, 1.54) is 0 Å². The first kappa shape index (κ1) is 10.3. The molecule has 5 heteroatoms. The fourth-order valence-corrected chi connectivity index (χ4v) is 1.95. The van der Waals surface area contributed by atoms with E-state index in [0.717, 1.165) is 15.7 Å². The lowest BCUT2D eigenvalue weighted by Gasteiger charge is -1.94. The average molecular weight is 290 g/mol. The van der Waals surface area contributed by atoms with Crippen LogP contribution < -0.4 is 0 Å². The molecule has 0 aliphatic carbocycles. The quantitative estimate of drug-likeness (QED) is 0.749. The van der Waals surface area contributed by atoms with Crippen molar-refractivity contribution in [3.8, 4) is 17.1 Å². The number of phenols is 1. The van der Waals surface area contributed by atoms with E-state index in [1.807, 2.05) is 24.4 Å². The minimum Gasteiger partial charge on any atom is -0.508 e. The van der Waals surface area contributed by atoms with Crippen LogP contribution in [0.2, 0.25) is 0 Å². The van der Waals surface area contributed by atoms with Gasteiger partial charge in [-0.3, -0.25) is 0 Å². The first-order valence-electron chi connectivity index (χ1n) is 5.04. The summed E-state index contributed by atoms with van der Waals surface area (Å²) < 4.78 is 2.64. The van der Waals surface area contributed by atoms with Crippen LogP contribution in [0.1, 0.15) is 0 Å². The molecule has 0 amide bonds. The number of benzene rings is 1. The normalized spacial score (nSPS) is 10.9. The van der Waals surface area contributed by atoms with Crippen LogP contribution in [0.15, 0.2) is 47.1 Å². The summed E-state index contributed by atoms with van der Waals surface area (Å²) in [6.07, 6.45) is 1.84. The zero-order valence-electron chi connectivity index (χ0n) is 8.71. The smallest absolute Gasteiger partial charge is 0.182 e. The van der Waals surface area contributed by atoms with E-state index in [4.69, 9.17) is 0 Å². The van der Waals surface area contributed by atoms with Crippen LogP contribution in [0.3, 0.4) is 0 Å². The maximum atomic E-state index is 9.42. The van der Waals surface area contributed by atoms with Gasteiger partial charge in [-0.05, 0) is 40.2 Å². The third-order valence-corrected chi connectivity index (χ3v) is 2.87. The van der Waals surface area contributed by atoms with Crippen LogP contribution in [0.5, 0.6) is 5.75 Å². The average Bonchev–Trinajstić information content (AvgIpc) is 2.72. The lowest BCUT2D eigenvalue weighted by molar-refractivity contribution is 0.475. The van der Waals surface area contributed by atoms with Crippen molar-refractivity contribution in [3.63, 3.8) is 0 Å². The highest BCUT2D eigenvalue weighted by atomic mass is 79.9. The number of hydrogen-bond donors (Lipinski definition) is 1. The number of fused-ring (bicyclic) bond motifs is 1. The number of aromatic nitrogens is 3. The minimum absolute atomic E-state index is 0.211. The van der Waals surface area contributed by atoms with Crippen molar-refractivity contribution in [2.24, 2.45) is 0 Å². The Hall–Kier alpha value is -1.88. The molecule has 1 aromatic carbocycles. The molecule has 17 heavy (non-hydrogen) atoms. The van der Waals surface area contributed by atoms with Crippen molar-refractivity contribution in [2.45, 2.75) is 0 Å². The van der Waals surface area contributed by atoms with Gasteiger partial charge in [0.25, 0.3) is 0 Å². The standard InChI is InChI=1S/C12H8BrN3O/c13-9-4-5-11-14-12(15-16(11)7-9)8-2-1-3-10(17)6-8/h1-7,17H. The zero-order valence-corrected chi connectivity index (χ0v) is 10.3. The molecule has 0 saturated heterocycles. The molecular weight excluding hydrogens is 282 g/mol. The van der Waals surface area contributed by atoms with E-state index in [-0.39, 0.29) is 5.75 Å². The third-order valence-electron chi connectivity index (χ3n) is 2.40. The Kier molecular flexibility index (Phi) is 2.33. The summed E-state index contributed by atoms with van der Waals surface area (Å²) in [6.45, 7) is 0. The number of phenolic OH excluding ortho intramolecular Hbond substituents is 1. The van der Waals surface area contributed by atoms with Gasteiger partial charge in [0.15, 0.2) is 11.5 Å². The molecule has 0 radical (unpaired) electrons. The molecule has 3 aromatic rings. The maximum absolute atomic E-state index is 9.42. The third kappa shape index (κ3) is 1.89. The first-order chi connectivity index (χ1) is 8.22. The molecule has 1 N–H and O–H groups in total. The number of pyridine rings is 1.